The first kappa shape index (κ1) is 15.3. The Labute approximate surface area is 125 Å². The molecule has 2 aromatic heterocycles. The maximum absolute atomic E-state index is 12.7. The molecule has 114 valence electrons. The highest BCUT2D eigenvalue weighted by atomic mass is 16.2. The Morgan fingerprint density at radius 2 is 1.52 bits per heavy atom. The summed E-state index contributed by atoms with van der Waals surface area (Å²) in [5.41, 5.74) is 5.52. The lowest BCUT2D eigenvalue weighted by Crippen LogP contribution is -2.27. The Morgan fingerprint density at radius 3 is 1.95 bits per heavy atom. The molecule has 2 aromatic rings. The smallest absolute Gasteiger partial charge is 0.257 e. The third-order valence-electron chi connectivity index (χ3n) is 4.12. The number of hydrogen-bond donors (Lipinski definition) is 0. The zero-order chi connectivity index (χ0) is 15.9. The molecule has 2 heterocycles. The topological polar surface area (TPSA) is 56.0 Å². The third-order valence-corrected chi connectivity index (χ3v) is 4.12. The molecule has 0 aliphatic heterocycles. The number of rotatable bonds is 3. The van der Waals surface area contributed by atoms with Gasteiger partial charge in [0.25, 0.3) is 5.91 Å². The van der Waals surface area contributed by atoms with E-state index in [1.54, 1.807) is 9.58 Å². The molecule has 6 heteroatoms. The summed E-state index contributed by atoms with van der Waals surface area (Å²) in [5, 5.41) is 8.71. The molecular weight excluding hydrogens is 266 g/mol. The highest BCUT2D eigenvalue weighted by Gasteiger charge is 2.22. The lowest BCUT2D eigenvalue weighted by Gasteiger charge is -2.18. The Bertz CT molecular complexity index is 695. The molecule has 6 nitrogen and oxygen atoms in total. The molecule has 0 aromatic carbocycles. The Hall–Kier alpha value is -2.11. The Balaban J connectivity index is 2.28. The van der Waals surface area contributed by atoms with E-state index in [1.807, 2.05) is 53.5 Å². The molecule has 1 amide bonds. The predicted octanol–water partition coefficient (Wildman–Crippen LogP) is 1.66. The molecule has 0 atom stereocenters. The summed E-state index contributed by atoms with van der Waals surface area (Å²) in [4.78, 5) is 14.4. The van der Waals surface area contributed by atoms with Gasteiger partial charge in [-0.25, -0.2) is 0 Å². The van der Waals surface area contributed by atoms with Gasteiger partial charge in [-0.05, 0) is 27.7 Å². The monoisotopic (exact) mass is 289 g/mol. The molecule has 0 spiro atoms. The molecule has 21 heavy (non-hydrogen) atoms. The number of aromatic nitrogens is 4. The summed E-state index contributed by atoms with van der Waals surface area (Å²) in [6, 6.07) is 0. The van der Waals surface area contributed by atoms with Crippen molar-refractivity contribution in [1.82, 2.24) is 24.5 Å². The first-order valence-electron chi connectivity index (χ1n) is 6.98. The third kappa shape index (κ3) is 2.57. The molecular formula is C15H23N5O. The summed E-state index contributed by atoms with van der Waals surface area (Å²) in [7, 11) is 5.59. The molecule has 0 N–H and O–H groups in total. The number of amides is 1. The molecule has 0 fully saturated rings. The predicted molar refractivity (Wildman–Crippen MR) is 81.2 cm³/mol. The Morgan fingerprint density at radius 1 is 1.00 bits per heavy atom. The van der Waals surface area contributed by atoms with Gasteiger partial charge < -0.3 is 4.90 Å². The lowest BCUT2D eigenvalue weighted by molar-refractivity contribution is 0.0783. The van der Waals surface area contributed by atoms with E-state index in [4.69, 9.17) is 0 Å². The van der Waals surface area contributed by atoms with Crippen LogP contribution in [0.1, 0.15) is 38.7 Å². The van der Waals surface area contributed by atoms with Crippen molar-refractivity contribution >= 4 is 5.91 Å². The number of hydrogen-bond acceptors (Lipinski definition) is 3. The van der Waals surface area contributed by atoms with Crippen LogP contribution in [-0.4, -0.2) is 37.4 Å². The van der Waals surface area contributed by atoms with Crippen LogP contribution in [0.25, 0.3) is 0 Å². The van der Waals surface area contributed by atoms with Crippen LogP contribution in [0, 0.1) is 27.7 Å². The van der Waals surface area contributed by atoms with Crippen molar-refractivity contribution in [3.05, 3.63) is 33.9 Å². The molecule has 0 saturated carbocycles. The van der Waals surface area contributed by atoms with Gasteiger partial charge in [-0.15, -0.1) is 0 Å². The van der Waals surface area contributed by atoms with Crippen LogP contribution < -0.4 is 0 Å². The van der Waals surface area contributed by atoms with Gasteiger partial charge in [0.2, 0.25) is 0 Å². The van der Waals surface area contributed by atoms with Crippen LogP contribution in [0.2, 0.25) is 0 Å². The fraction of sp³-hybridized carbons (Fsp3) is 0.533. The maximum atomic E-state index is 12.7. The largest absolute Gasteiger partial charge is 0.337 e. The van der Waals surface area contributed by atoms with Gasteiger partial charge in [-0.3, -0.25) is 14.2 Å². The van der Waals surface area contributed by atoms with Crippen molar-refractivity contribution in [2.45, 2.75) is 34.2 Å². The summed E-state index contributed by atoms with van der Waals surface area (Å²) in [6.07, 6.45) is 0. The van der Waals surface area contributed by atoms with E-state index in [1.165, 1.54) is 0 Å². The van der Waals surface area contributed by atoms with Gasteiger partial charge in [0.15, 0.2) is 0 Å². The van der Waals surface area contributed by atoms with Crippen LogP contribution in [0.3, 0.4) is 0 Å². The van der Waals surface area contributed by atoms with E-state index in [0.717, 1.165) is 28.3 Å². The highest BCUT2D eigenvalue weighted by Crippen LogP contribution is 2.18. The highest BCUT2D eigenvalue weighted by molar-refractivity contribution is 5.96. The van der Waals surface area contributed by atoms with Crippen LogP contribution in [0.4, 0.5) is 0 Å². The van der Waals surface area contributed by atoms with E-state index in [0.29, 0.717) is 12.1 Å². The molecule has 2 rings (SSSR count). The number of carbonyl (C=O) groups excluding carboxylic acids is 1. The first-order valence-corrected chi connectivity index (χ1v) is 6.98. The van der Waals surface area contributed by atoms with Crippen molar-refractivity contribution in [3.8, 4) is 0 Å². The summed E-state index contributed by atoms with van der Waals surface area (Å²) >= 11 is 0. The summed E-state index contributed by atoms with van der Waals surface area (Å²) < 4.78 is 3.60. The first-order chi connectivity index (χ1) is 9.73. The van der Waals surface area contributed by atoms with E-state index in [9.17, 15) is 4.79 Å². The second-order valence-electron chi connectivity index (χ2n) is 5.60. The van der Waals surface area contributed by atoms with Crippen molar-refractivity contribution in [1.29, 1.82) is 0 Å². The number of carbonyl (C=O) groups is 1. The zero-order valence-corrected chi connectivity index (χ0v) is 13.9. The average Bonchev–Trinajstić information content (AvgIpc) is 2.79. The van der Waals surface area contributed by atoms with Crippen LogP contribution >= 0.6 is 0 Å². The minimum absolute atomic E-state index is 0.000697. The van der Waals surface area contributed by atoms with Crippen LogP contribution in [0.5, 0.6) is 0 Å². The van der Waals surface area contributed by atoms with Crippen molar-refractivity contribution in [2.75, 3.05) is 7.05 Å². The quantitative estimate of drug-likeness (QED) is 0.863. The van der Waals surface area contributed by atoms with Gasteiger partial charge in [-0.2, -0.15) is 10.2 Å². The zero-order valence-electron chi connectivity index (χ0n) is 13.9. The van der Waals surface area contributed by atoms with Gasteiger partial charge in [0, 0.05) is 44.6 Å². The van der Waals surface area contributed by atoms with Gasteiger partial charge in [0.1, 0.15) is 0 Å². The second kappa shape index (κ2) is 5.35. The average molecular weight is 289 g/mol. The van der Waals surface area contributed by atoms with E-state index in [-0.39, 0.29) is 5.91 Å². The molecule has 0 radical (unpaired) electrons. The van der Waals surface area contributed by atoms with E-state index < -0.39 is 0 Å². The number of nitrogens with zero attached hydrogens (tertiary/aromatic N) is 5. The van der Waals surface area contributed by atoms with Gasteiger partial charge in [0.05, 0.1) is 17.0 Å². The fourth-order valence-electron chi connectivity index (χ4n) is 2.63. The molecule has 0 unspecified atom stereocenters. The van der Waals surface area contributed by atoms with Gasteiger partial charge in [-0.1, -0.05) is 0 Å². The van der Waals surface area contributed by atoms with E-state index >= 15 is 0 Å². The SMILES string of the molecule is Cc1nn(C)c(C)c1CN(C)C(=O)c1c(C)nn(C)c1C. The van der Waals surface area contributed by atoms with Crippen molar-refractivity contribution in [2.24, 2.45) is 14.1 Å². The lowest BCUT2D eigenvalue weighted by atomic mass is 10.1. The molecule has 0 aliphatic rings. The minimum atomic E-state index is 0.000697. The van der Waals surface area contributed by atoms with Crippen molar-refractivity contribution < 1.29 is 4.79 Å². The standard InChI is InChI=1S/C15H23N5O/c1-9-13(11(3)19(6)16-9)8-18(5)15(21)14-10(2)17-20(7)12(14)4/h8H2,1-7H3. The normalized spacial score (nSPS) is 11.0. The maximum Gasteiger partial charge on any atom is 0.257 e. The minimum Gasteiger partial charge on any atom is -0.337 e. The number of aryl methyl sites for hydroxylation is 4. The van der Waals surface area contributed by atoms with Crippen LogP contribution in [0.15, 0.2) is 0 Å². The Kier molecular flexibility index (Phi) is 3.89. The van der Waals surface area contributed by atoms with Crippen molar-refractivity contribution in [3.63, 3.8) is 0 Å². The molecule has 0 saturated heterocycles. The van der Waals surface area contributed by atoms with E-state index in [2.05, 4.69) is 10.2 Å². The second-order valence-corrected chi connectivity index (χ2v) is 5.60. The van der Waals surface area contributed by atoms with Gasteiger partial charge >= 0.3 is 0 Å². The van der Waals surface area contributed by atoms with Crippen LogP contribution in [-0.2, 0) is 20.6 Å². The fourth-order valence-corrected chi connectivity index (χ4v) is 2.63. The molecule has 0 bridgehead atoms. The summed E-state index contributed by atoms with van der Waals surface area (Å²) in [5.74, 6) is 0.000697. The molecule has 0 aliphatic carbocycles. The summed E-state index contributed by atoms with van der Waals surface area (Å²) in [6.45, 7) is 8.34.